The van der Waals surface area contributed by atoms with E-state index in [9.17, 15) is 4.79 Å². The predicted octanol–water partition coefficient (Wildman–Crippen LogP) is 5.94. The monoisotopic (exact) mass is 416 g/mol. The van der Waals surface area contributed by atoms with E-state index < -0.39 is 5.54 Å². The predicted molar refractivity (Wildman–Crippen MR) is 124 cm³/mol. The second kappa shape index (κ2) is 8.63. The molecular weight excluding hydrogens is 376 g/mol. The molecule has 1 amide bonds. The summed E-state index contributed by atoms with van der Waals surface area (Å²) in [4.78, 5) is 14.3. The van der Waals surface area contributed by atoms with Crippen molar-refractivity contribution in [2.24, 2.45) is 23.7 Å². The van der Waals surface area contributed by atoms with E-state index >= 15 is 0 Å². The molecule has 2 saturated carbocycles. The van der Waals surface area contributed by atoms with Crippen LogP contribution in [-0.4, -0.2) is 17.5 Å². The lowest BCUT2D eigenvalue weighted by Crippen LogP contribution is -2.58. The lowest BCUT2D eigenvalue weighted by molar-refractivity contribution is -0.128. The molecule has 0 radical (unpaired) electrons. The Bertz CT molecular complexity index is 703. The maximum atomic E-state index is 13.1. The van der Waals surface area contributed by atoms with Crippen LogP contribution in [0.5, 0.6) is 0 Å². The standard InChI is InChI=1S/C25H40N2OS/c1-16-12-18-14-17(2)22(19(13-16)15-18)26-23(28)25(6,7)27-29-21-10-8-20(9-11-21)24(3,4)5/h8-11,16-19,22,27H,12-15H2,1-7H3,(H,26,28). The molecule has 5 atom stereocenters. The molecule has 0 aromatic heterocycles. The first kappa shape index (κ1) is 22.7. The van der Waals surface area contributed by atoms with Crippen LogP contribution in [0.3, 0.4) is 0 Å². The van der Waals surface area contributed by atoms with Gasteiger partial charge in [-0.25, -0.2) is 4.72 Å². The second-order valence-corrected chi connectivity index (χ2v) is 12.1. The maximum Gasteiger partial charge on any atom is 0.240 e. The van der Waals surface area contributed by atoms with Gasteiger partial charge in [0.15, 0.2) is 0 Å². The Morgan fingerprint density at radius 1 is 0.966 bits per heavy atom. The summed E-state index contributed by atoms with van der Waals surface area (Å²) < 4.78 is 3.41. The van der Waals surface area contributed by atoms with Gasteiger partial charge in [0.05, 0.1) is 0 Å². The SMILES string of the molecule is CC1CC2CC(C)C(NC(=O)C(C)(C)NSc3ccc(C(C)(C)C)cc3)C(C1)C2. The van der Waals surface area contributed by atoms with E-state index in [1.165, 1.54) is 31.2 Å². The molecule has 0 aliphatic heterocycles. The van der Waals surface area contributed by atoms with Crippen LogP contribution in [-0.2, 0) is 10.2 Å². The molecular formula is C25H40N2OS. The van der Waals surface area contributed by atoms with Crippen LogP contribution in [0.25, 0.3) is 0 Å². The lowest BCUT2D eigenvalue weighted by Gasteiger charge is -2.47. The van der Waals surface area contributed by atoms with E-state index in [-0.39, 0.29) is 11.3 Å². The van der Waals surface area contributed by atoms with Gasteiger partial charge in [-0.2, -0.15) is 0 Å². The number of hydrogen-bond acceptors (Lipinski definition) is 3. The average molecular weight is 417 g/mol. The van der Waals surface area contributed by atoms with Crippen molar-refractivity contribution in [3.63, 3.8) is 0 Å². The maximum absolute atomic E-state index is 13.1. The highest BCUT2D eigenvalue weighted by Gasteiger charge is 2.42. The normalized spacial score (nSPS) is 30.1. The Balaban J connectivity index is 1.58. The molecule has 3 nitrogen and oxygen atoms in total. The zero-order chi connectivity index (χ0) is 21.4. The first-order chi connectivity index (χ1) is 13.5. The molecule has 0 spiro atoms. The summed E-state index contributed by atoms with van der Waals surface area (Å²) in [5.41, 5.74) is 0.858. The number of hydrogen-bond donors (Lipinski definition) is 2. The van der Waals surface area contributed by atoms with Crippen LogP contribution in [0.4, 0.5) is 0 Å². The Kier molecular flexibility index (Phi) is 6.75. The number of rotatable bonds is 5. The number of nitrogens with one attached hydrogen (secondary N) is 2. The summed E-state index contributed by atoms with van der Waals surface area (Å²) in [6, 6.07) is 8.96. The van der Waals surface area contributed by atoms with Crippen molar-refractivity contribution in [3.05, 3.63) is 29.8 Å². The number of carbonyl (C=O) groups excluding carboxylic acids is 1. The van der Waals surface area contributed by atoms with E-state index in [2.05, 4.69) is 68.9 Å². The van der Waals surface area contributed by atoms with Gasteiger partial charge in [0, 0.05) is 10.9 Å². The van der Waals surface area contributed by atoms with Crippen LogP contribution >= 0.6 is 11.9 Å². The smallest absolute Gasteiger partial charge is 0.240 e. The van der Waals surface area contributed by atoms with Gasteiger partial charge in [0.1, 0.15) is 5.54 Å². The van der Waals surface area contributed by atoms with Gasteiger partial charge in [-0.15, -0.1) is 0 Å². The van der Waals surface area contributed by atoms with Crippen molar-refractivity contribution in [2.45, 2.75) is 96.0 Å². The first-order valence-electron chi connectivity index (χ1n) is 11.3. The van der Waals surface area contributed by atoms with E-state index in [1.807, 2.05) is 13.8 Å². The fourth-order valence-electron chi connectivity index (χ4n) is 5.27. The highest BCUT2D eigenvalue weighted by molar-refractivity contribution is 7.97. The molecule has 0 heterocycles. The number of amides is 1. The summed E-state index contributed by atoms with van der Waals surface area (Å²) in [5, 5.41) is 3.44. The van der Waals surface area contributed by atoms with Crippen molar-refractivity contribution in [1.29, 1.82) is 0 Å². The lowest BCUT2D eigenvalue weighted by atomic mass is 9.63. The quantitative estimate of drug-likeness (QED) is 0.584. The van der Waals surface area contributed by atoms with Gasteiger partial charge in [0.2, 0.25) is 5.91 Å². The van der Waals surface area contributed by atoms with Gasteiger partial charge in [-0.3, -0.25) is 4.79 Å². The van der Waals surface area contributed by atoms with E-state index in [4.69, 9.17) is 0 Å². The van der Waals surface area contributed by atoms with Gasteiger partial charge in [-0.1, -0.05) is 46.8 Å². The molecule has 2 fully saturated rings. The van der Waals surface area contributed by atoms with Gasteiger partial charge < -0.3 is 5.32 Å². The Hall–Kier alpha value is -1.00. The minimum absolute atomic E-state index is 0.116. The number of carbonyl (C=O) groups is 1. The van der Waals surface area contributed by atoms with Crippen LogP contribution in [0.2, 0.25) is 0 Å². The largest absolute Gasteiger partial charge is 0.351 e. The molecule has 29 heavy (non-hydrogen) atoms. The molecule has 3 rings (SSSR count). The van der Waals surface area contributed by atoms with Crippen molar-refractivity contribution in [1.82, 2.24) is 10.0 Å². The second-order valence-electron chi connectivity index (χ2n) is 11.3. The molecule has 0 saturated heterocycles. The van der Waals surface area contributed by atoms with Gasteiger partial charge >= 0.3 is 0 Å². The van der Waals surface area contributed by atoms with Gasteiger partial charge in [-0.05, 0) is 98.3 Å². The van der Waals surface area contributed by atoms with Crippen molar-refractivity contribution in [2.75, 3.05) is 0 Å². The Labute approximate surface area is 182 Å². The molecule has 5 unspecified atom stereocenters. The van der Waals surface area contributed by atoms with Crippen LogP contribution in [0.1, 0.15) is 79.7 Å². The average Bonchev–Trinajstić information content (AvgIpc) is 2.62. The third-order valence-electron chi connectivity index (χ3n) is 6.91. The van der Waals surface area contributed by atoms with Gasteiger partial charge in [0.25, 0.3) is 0 Å². The number of benzene rings is 1. The highest BCUT2D eigenvalue weighted by atomic mass is 32.2. The van der Waals surface area contributed by atoms with E-state index in [1.54, 1.807) is 11.9 Å². The van der Waals surface area contributed by atoms with Crippen LogP contribution < -0.4 is 10.0 Å². The van der Waals surface area contributed by atoms with Crippen molar-refractivity contribution in [3.8, 4) is 0 Å². The summed E-state index contributed by atoms with van der Waals surface area (Å²) in [6.07, 6.45) is 5.19. The molecule has 2 bridgehead atoms. The minimum Gasteiger partial charge on any atom is -0.351 e. The minimum atomic E-state index is -0.621. The third-order valence-corrected chi connectivity index (χ3v) is 8.03. The molecule has 162 valence electrons. The molecule has 2 aliphatic carbocycles. The molecule has 4 heteroatoms. The summed E-state index contributed by atoms with van der Waals surface area (Å²) in [5.74, 6) is 2.99. The third kappa shape index (κ3) is 5.58. The highest BCUT2D eigenvalue weighted by Crippen LogP contribution is 2.45. The zero-order valence-electron chi connectivity index (χ0n) is 19.3. The summed E-state index contributed by atoms with van der Waals surface area (Å²) in [6.45, 7) is 15.3. The Morgan fingerprint density at radius 3 is 2.24 bits per heavy atom. The fourth-order valence-corrected chi connectivity index (χ4v) is 6.01. The number of fused-ring (bicyclic) bond motifs is 2. The van der Waals surface area contributed by atoms with Crippen molar-refractivity contribution >= 4 is 17.9 Å². The molecule has 1 aromatic carbocycles. The fraction of sp³-hybridized carbons (Fsp3) is 0.720. The summed E-state index contributed by atoms with van der Waals surface area (Å²) in [7, 11) is 0. The molecule has 2 aliphatic rings. The van der Waals surface area contributed by atoms with Crippen LogP contribution in [0.15, 0.2) is 29.2 Å². The topological polar surface area (TPSA) is 41.1 Å². The van der Waals surface area contributed by atoms with Crippen LogP contribution in [0, 0.1) is 23.7 Å². The summed E-state index contributed by atoms with van der Waals surface area (Å²) >= 11 is 1.55. The zero-order valence-corrected chi connectivity index (χ0v) is 20.2. The molecule has 2 N–H and O–H groups in total. The van der Waals surface area contributed by atoms with E-state index in [0.717, 1.165) is 16.7 Å². The Morgan fingerprint density at radius 2 is 1.62 bits per heavy atom. The first-order valence-corrected chi connectivity index (χ1v) is 12.1. The van der Waals surface area contributed by atoms with E-state index in [0.29, 0.717) is 17.9 Å². The molecule has 1 aromatic rings. The van der Waals surface area contributed by atoms with Crippen molar-refractivity contribution < 1.29 is 4.79 Å².